The average molecular weight is 282 g/mol. The molecule has 1 aliphatic rings. The Hall–Kier alpha value is -0.290. The van der Waals surface area contributed by atoms with E-state index in [0.717, 1.165) is 26.0 Å². The van der Waals surface area contributed by atoms with Crippen LogP contribution < -0.4 is 5.73 Å². The predicted molar refractivity (Wildman–Crippen MR) is 73.2 cm³/mol. The number of methoxy groups -OCH3 is 1. The van der Waals surface area contributed by atoms with Crippen LogP contribution in [0.5, 0.6) is 0 Å². The van der Waals surface area contributed by atoms with Gasteiger partial charge in [0.15, 0.2) is 0 Å². The zero-order valence-corrected chi connectivity index (χ0v) is 11.7. The molecule has 0 unspecified atom stereocenters. The van der Waals surface area contributed by atoms with Crippen molar-refractivity contribution in [3.8, 4) is 0 Å². The molecule has 2 N–H and O–H groups in total. The number of halogens is 2. The summed E-state index contributed by atoms with van der Waals surface area (Å²) in [5.41, 5.74) is 7.25. The van der Waals surface area contributed by atoms with Crippen LogP contribution in [0.15, 0.2) is 12.5 Å². The van der Waals surface area contributed by atoms with Crippen molar-refractivity contribution < 1.29 is 4.74 Å². The first kappa shape index (κ1) is 16.7. The van der Waals surface area contributed by atoms with Crippen molar-refractivity contribution in [3.05, 3.63) is 18.2 Å². The summed E-state index contributed by atoms with van der Waals surface area (Å²) in [6.45, 7) is 1.62. The first-order valence-corrected chi connectivity index (χ1v) is 5.56. The molecule has 1 aromatic heterocycles. The van der Waals surface area contributed by atoms with E-state index in [0.29, 0.717) is 12.0 Å². The summed E-state index contributed by atoms with van der Waals surface area (Å²) >= 11 is 0. The van der Waals surface area contributed by atoms with Gasteiger partial charge < -0.3 is 15.0 Å². The molecular weight excluding hydrogens is 261 g/mol. The van der Waals surface area contributed by atoms with Crippen LogP contribution in [0.3, 0.4) is 0 Å². The van der Waals surface area contributed by atoms with Crippen molar-refractivity contribution in [1.82, 2.24) is 9.55 Å². The molecule has 6 heteroatoms. The second-order valence-corrected chi connectivity index (χ2v) is 4.27. The van der Waals surface area contributed by atoms with E-state index in [2.05, 4.69) is 9.55 Å². The number of aromatic nitrogens is 2. The van der Waals surface area contributed by atoms with Crippen LogP contribution in [-0.2, 0) is 11.3 Å². The van der Waals surface area contributed by atoms with Gasteiger partial charge in [-0.3, -0.25) is 0 Å². The molecule has 0 bridgehead atoms. The van der Waals surface area contributed by atoms with Crippen molar-refractivity contribution in [3.63, 3.8) is 0 Å². The van der Waals surface area contributed by atoms with E-state index in [4.69, 9.17) is 10.5 Å². The highest BCUT2D eigenvalue weighted by Crippen LogP contribution is 2.33. The first-order valence-electron chi connectivity index (χ1n) is 5.56. The molecule has 17 heavy (non-hydrogen) atoms. The molecule has 2 atom stereocenters. The summed E-state index contributed by atoms with van der Waals surface area (Å²) in [6, 6.07) is 0.376. The van der Waals surface area contributed by atoms with Crippen molar-refractivity contribution in [2.75, 3.05) is 13.7 Å². The molecular formula is C11H21Cl2N3O. The van der Waals surface area contributed by atoms with Gasteiger partial charge in [-0.05, 0) is 19.3 Å². The van der Waals surface area contributed by atoms with Gasteiger partial charge in [-0.2, -0.15) is 0 Å². The third-order valence-electron chi connectivity index (χ3n) is 3.17. The van der Waals surface area contributed by atoms with Gasteiger partial charge >= 0.3 is 0 Å². The third kappa shape index (κ3) is 4.14. The van der Waals surface area contributed by atoms with E-state index < -0.39 is 0 Å². The molecule has 1 aliphatic carbocycles. The Bertz CT molecular complexity index is 319. The molecule has 1 heterocycles. The molecule has 0 saturated heterocycles. The minimum atomic E-state index is 0. The Kier molecular flexibility index (Phi) is 7.79. The van der Waals surface area contributed by atoms with E-state index in [1.165, 1.54) is 12.1 Å². The van der Waals surface area contributed by atoms with Crippen LogP contribution in [0.2, 0.25) is 0 Å². The third-order valence-corrected chi connectivity index (χ3v) is 3.17. The van der Waals surface area contributed by atoms with Crippen LogP contribution in [-0.4, -0.2) is 29.3 Å². The lowest BCUT2D eigenvalue weighted by molar-refractivity contribution is 0.186. The predicted octanol–water partition coefficient (Wildman–Crippen LogP) is 1.97. The van der Waals surface area contributed by atoms with Gasteiger partial charge in [-0.15, -0.1) is 24.8 Å². The fourth-order valence-corrected chi connectivity index (χ4v) is 2.33. The number of nitrogens with two attached hydrogens (primary N) is 1. The highest BCUT2D eigenvalue weighted by molar-refractivity contribution is 5.85. The quantitative estimate of drug-likeness (QED) is 0.918. The molecule has 1 aromatic rings. The van der Waals surface area contributed by atoms with Crippen molar-refractivity contribution in [2.24, 2.45) is 5.73 Å². The molecule has 1 fully saturated rings. The van der Waals surface area contributed by atoms with Crippen LogP contribution >= 0.6 is 24.8 Å². The maximum atomic E-state index is 5.93. The van der Waals surface area contributed by atoms with Gasteiger partial charge in [-0.25, -0.2) is 4.98 Å². The van der Waals surface area contributed by atoms with E-state index in [1.807, 2.05) is 12.5 Å². The van der Waals surface area contributed by atoms with E-state index in [-0.39, 0.29) is 24.8 Å². The molecule has 100 valence electrons. The minimum absolute atomic E-state index is 0. The lowest BCUT2D eigenvalue weighted by Crippen LogP contribution is -2.15. The summed E-state index contributed by atoms with van der Waals surface area (Å²) < 4.78 is 7.27. The van der Waals surface area contributed by atoms with Crippen molar-refractivity contribution in [2.45, 2.75) is 37.8 Å². The summed E-state index contributed by atoms with van der Waals surface area (Å²) in [5, 5.41) is 0. The average Bonchev–Trinajstić information content (AvgIpc) is 2.82. The standard InChI is InChI=1S/C11H19N3O.2ClH/c1-15-5-4-14-8-13-7-11(14)9-2-3-10(12)6-9;;/h7-10H,2-6,12H2,1H3;2*1H/t9-,10-;;/m0../s1. The Morgan fingerprint density at radius 1 is 1.47 bits per heavy atom. The largest absolute Gasteiger partial charge is 0.383 e. The summed E-state index contributed by atoms with van der Waals surface area (Å²) in [7, 11) is 1.72. The molecule has 0 amide bonds. The zero-order chi connectivity index (χ0) is 10.7. The van der Waals surface area contributed by atoms with Crippen molar-refractivity contribution in [1.29, 1.82) is 0 Å². The Labute approximate surface area is 115 Å². The Morgan fingerprint density at radius 2 is 2.24 bits per heavy atom. The fourth-order valence-electron chi connectivity index (χ4n) is 2.33. The highest BCUT2D eigenvalue weighted by atomic mass is 35.5. The zero-order valence-electron chi connectivity index (χ0n) is 10.0. The van der Waals surface area contributed by atoms with Crippen LogP contribution in [0, 0.1) is 0 Å². The fraction of sp³-hybridized carbons (Fsp3) is 0.727. The SMILES string of the molecule is COCCn1cncc1[C@H]1CC[C@H](N)C1.Cl.Cl. The maximum absolute atomic E-state index is 5.93. The van der Waals surface area contributed by atoms with E-state index in [9.17, 15) is 0 Å². The van der Waals surface area contributed by atoms with Crippen LogP contribution in [0.1, 0.15) is 30.9 Å². The van der Waals surface area contributed by atoms with Gasteiger partial charge in [-0.1, -0.05) is 0 Å². The van der Waals surface area contributed by atoms with E-state index in [1.54, 1.807) is 7.11 Å². The normalized spacial score (nSPS) is 22.9. The monoisotopic (exact) mass is 281 g/mol. The second kappa shape index (κ2) is 7.93. The second-order valence-electron chi connectivity index (χ2n) is 4.27. The molecule has 1 saturated carbocycles. The number of hydrogen-bond donors (Lipinski definition) is 1. The molecule has 2 rings (SSSR count). The Balaban J connectivity index is 0.00000128. The minimum Gasteiger partial charge on any atom is -0.383 e. The molecule has 0 radical (unpaired) electrons. The van der Waals surface area contributed by atoms with E-state index >= 15 is 0 Å². The first-order chi connectivity index (χ1) is 7.31. The van der Waals surface area contributed by atoms with Gasteiger partial charge in [0.1, 0.15) is 0 Å². The van der Waals surface area contributed by atoms with Gasteiger partial charge in [0.25, 0.3) is 0 Å². The molecule has 0 aromatic carbocycles. The smallest absolute Gasteiger partial charge is 0.0949 e. The number of hydrogen-bond acceptors (Lipinski definition) is 3. The summed E-state index contributed by atoms with van der Waals surface area (Å²) in [5.74, 6) is 0.597. The molecule has 0 spiro atoms. The van der Waals surface area contributed by atoms with Crippen LogP contribution in [0.25, 0.3) is 0 Å². The summed E-state index contributed by atoms with van der Waals surface area (Å²) in [6.07, 6.45) is 7.29. The van der Waals surface area contributed by atoms with Crippen molar-refractivity contribution >= 4 is 24.8 Å². The van der Waals surface area contributed by atoms with Gasteiger partial charge in [0.2, 0.25) is 0 Å². The molecule has 0 aliphatic heterocycles. The lowest BCUT2D eigenvalue weighted by atomic mass is 10.0. The number of nitrogens with zero attached hydrogens (tertiary/aromatic N) is 2. The van der Waals surface area contributed by atoms with Gasteiger partial charge in [0.05, 0.1) is 12.9 Å². The summed E-state index contributed by atoms with van der Waals surface area (Å²) in [4.78, 5) is 4.21. The number of ether oxygens (including phenoxy) is 1. The number of rotatable bonds is 4. The van der Waals surface area contributed by atoms with Gasteiger partial charge in [0, 0.05) is 37.5 Å². The molecule has 4 nitrogen and oxygen atoms in total. The Morgan fingerprint density at radius 3 is 2.82 bits per heavy atom. The topological polar surface area (TPSA) is 53.1 Å². The van der Waals surface area contributed by atoms with Crippen LogP contribution in [0.4, 0.5) is 0 Å². The maximum Gasteiger partial charge on any atom is 0.0949 e. The number of imidazole rings is 1. The highest BCUT2D eigenvalue weighted by Gasteiger charge is 2.25. The lowest BCUT2D eigenvalue weighted by Gasteiger charge is -2.13.